The number of halogens is 1. The maximum absolute atomic E-state index is 12.1. The van der Waals surface area contributed by atoms with Gasteiger partial charge >= 0.3 is 0 Å². The van der Waals surface area contributed by atoms with Crippen LogP contribution in [0.3, 0.4) is 0 Å². The SMILES string of the molecule is Cl.O=C([C@H]1C[C@H]2NCC[C@H]2O1)N1CCOCC1. The second kappa shape index (κ2) is 5.52. The van der Waals surface area contributed by atoms with Crippen molar-refractivity contribution in [2.75, 3.05) is 32.8 Å². The van der Waals surface area contributed by atoms with Crippen LogP contribution in [0.15, 0.2) is 0 Å². The van der Waals surface area contributed by atoms with E-state index in [9.17, 15) is 4.79 Å². The summed E-state index contributed by atoms with van der Waals surface area (Å²) in [6.07, 6.45) is 1.91. The molecule has 3 atom stereocenters. The first-order chi connectivity index (χ1) is 7.84. The van der Waals surface area contributed by atoms with E-state index in [-0.39, 0.29) is 30.5 Å². The van der Waals surface area contributed by atoms with Crippen molar-refractivity contribution in [3.8, 4) is 0 Å². The van der Waals surface area contributed by atoms with Gasteiger partial charge in [0.2, 0.25) is 0 Å². The van der Waals surface area contributed by atoms with E-state index in [2.05, 4.69) is 5.32 Å². The number of nitrogens with zero attached hydrogens (tertiary/aromatic N) is 1. The molecule has 0 spiro atoms. The number of carbonyl (C=O) groups is 1. The minimum absolute atomic E-state index is 0. The van der Waals surface area contributed by atoms with Gasteiger partial charge < -0.3 is 19.7 Å². The average Bonchev–Trinajstić information content (AvgIpc) is 2.89. The zero-order valence-corrected chi connectivity index (χ0v) is 10.6. The van der Waals surface area contributed by atoms with Crippen molar-refractivity contribution in [2.24, 2.45) is 0 Å². The molecule has 6 heteroatoms. The van der Waals surface area contributed by atoms with Gasteiger partial charge in [-0.25, -0.2) is 0 Å². The van der Waals surface area contributed by atoms with Gasteiger partial charge in [-0.3, -0.25) is 4.79 Å². The van der Waals surface area contributed by atoms with Crippen LogP contribution in [0.1, 0.15) is 12.8 Å². The van der Waals surface area contributed by atoms with Gasteiger partial charge in [0.25, 0.3) is 5.91 Å². The van der Waals surface area contributed by atoms with Gasteiger partial charge in [-0.05, 0) is 13.0 Å². The molecule has 0 aliphatic carbocycles. The molecule has 0 unspecified atom stereocenters. The van der Waals surface area contributed by atoms with Crippen molar-refractivity contribution < 1.29 is 14.3 Å². The third kappa shape index (κ3) is 2.57. The van der Waals surface area contributed by atoms with Crippen LogP contribution in [0.2, 0.25) is 0 Å². The topological polar surface area (TPSA) is 50.8 Å². The zero-order valence-electron chi connectivity index (χ0n) is 9.76. The summed E-state index contributed by atoms with van der Waals surface area (Å²) in [5, 5.41) is 3.39. The smallest absolute Gasteiger partial charge is 0.251 e. The van der Waals surface area contributed by atoms with Crippen molar-refractivity contribution in [2.45, 2.75) is 31.1 Å². The van der Waals surface area contributed by atoms with Gasteiger partial charge in [-0.15, -0.1) is 12.4 Å². The normalized spacial score (nSPS) is 36.5. The molecule has 0 radical (unpaired) electrons. The van der Waals surface area contributed by atoms with E-state index in [0.717, 1.165) is 19.4 Å². The lowest BCUT2D eigenvalue weighted by molar-refractivity contribution is -0.146. The van der Waals surface area contributed by atoms with Crippen molar-refractivity contribution in [3.05, 3.63) is 0 Å². The standard InChI is InChI=1S/C11H18N2O3.ClH/c14-11(13-3-5-15-6-4-13)10-7-8-9(16-10)1-2-12-8;/h8-10,12H,1-7H2;1H/t8-,9-,10-;/m1./s1. The van der Waals surface area contributed by atoms with Crippen LogP contribution in [0.5, 0.6) is 0 Å². The number of ether oxygens (including phenoxy) is 2. The molecule has 1 amide bonds. The summed E-state index contributed by atoms with van der Waals surface area (Å²) in [5.41, 5.74) is 0. The molecule has 5 nitrogen and oxygen atoms in total. The monoisotopic (exact) mass is 262 g/mol. The molecule has 17 heavy (non-hydrogen) atoms. The van der Waals surface area contributed by atoms with Gasteiger partial charge in [0.1, 0.15) is 6.10 Å². The number of amides is 1. The number of morpholine rings is 1. The summed E-state index contributed by atoms with van der Waals surface area (Å²) >= 11 is 0. The highest BCUT2D eigenvalue weighted by Gasteiger charge is 2.42. The molecule has 0 aromatic rings. The quantitative estimate of drug-likeness (QED) is 0.710. The Hall–Kier alpha value is -0.360. The maximum Gasteiger partial charge on any atom is 0.251 e. The lowest BCUT2D eigenvalue weighted by Crippen LogP contribution is -2.46. The van der Waals surface area contributed by atoms with E-state index >= 15 is 0 Å². The van der Waals surface area contributed by atoms with Crippen LogP contribution in [0, 0.1) is 0 Å². The van der Waals surface area contributed by atoms with E-state index in [1.54, 1.807) is 0 Å². The number of carbonyl (C=O) groups excluding carboxylic acids is 1. The first-order valence-electron chi connectivity index (χ1n) is 6.10. The lowest BCUT2D eigenvalue weighted by atomic mass is 10.1. The van der Waals surface area contributed by atoms with Crippen LogP contribution in [0.25, 0.3) is 0 Å². The zero-order chi connectivity index (χ0) is 11.0. The third-order valence-corrected chi connectivity index (χ3v) is 3.69. The Balaban J connectivity index is 0.00000108. The van der Waals surface area contributed by atoms with Crippen LogP contribution in [-0.2, 0) is 14.3 Å². The third-order valence-electron chi connectivity index (χ3n) is 3.69. The van der Waals surface area contributed by atoms with E-state index in [1.165, 1.54) is 0 Å². The highest BCUT2D eigenvalue weighted by atomic mass is 35.5. The number of nitrogens with one attached hydrogen (secondary N) is 1. The Morgan fingerprint density at radius 3 is 2.76 bits per heavy atom. The number of fused-ring (bicyclic) bond motifs is 1. The van der Waals surface area contributed by atoms with Gasteiger partial charge in [0.05, 0.1) is 19.3 Å². The molecule has 3 heterocycles. The molecule has 3 aliphatic rings. The molecule has 3 saturated heterocycles. The summed E-state index contributed by atoms with van der Waals surface area (Å²) in [6.45, 7) is 3.75. The Kier molecular flexibility index (Phi) is 4.25. The highest BCUT2D eigenvalue weighted by molar-refractivity contribution is 5.85. The van der Waals surface area contributed by atoms with E-state index in [1.807, 2.05) is 4.90 Å². The summed E-state index contributed by atoms with van der Waals surface area (Å²) in [5.74, 6) is 0.152. The van der Waals surface area contributed by atoms with E-state index in [0.29, 0.717) is 32.3 Å². The number of rotatable bonds is 1. The molecule has 0 aromatic heterocycles. The molecular formula is C11H19ClN2O3. The van der Waals surface area contributed by atoms with Crippen LogP contribution >= 0.6 is 12.4 Å². The van der Waals surface area contributed by atoms with E-state index < -0.39 is 0 Å². The molecule has 98 valence electrons. The minimum Gasteiger partial charge on any atom is -0.378 e. The van der Waals surface area contributed by atoms with Crippen molar-refractivity contribution in [1.82, 2.24) is 10.2 Å². The Morgan fingerprint density at radius 1 is 1.29 bits per heavy atom. The second-order valence-electron chi connectivity index (χ2n) is 4.69. The van der Waals surface area contributed by atoms with Crippen LogP contribution in [0.4, 0.5) is 0 Å². The fourth-order valence-corrected chi connectivity index (χ4v) is 2.79. The fraction of sp³-hybridized carbons (Fsp3) is 0.909. The molecule has 0 bridgehead atoms. The number of hydrogen-bond acceptors (Lipinski definition) is 4. The minimum atomic E-state index is -0.221. The van der Waals surface area contributed by atoms with E-state index in [4.69, 9.17) is 9.47 Å². The molecule has 3 fully saturated rings. The maximum atomic E-state index is 12.1. The average molecular weight is 263 g/mol. The Morgan fingerprint density at radius 2 is 2.06 bits per heavy atom. The number of hydrogen-bond donors (Lipinski definition) is 1. The summed E-state index contributed by atoms with van der Waals surface area (Å²) in [4.78, 5) is 14.0. The predicted octanol–water partition coefficient (Wildman–Crippen LogP) is -0.214. The molecule has 3 aliphatic heterocycles. The van der Waals surface area contributed by atoms with Gasteiger partial charge in [-0.1, -0.05) is 0 Å². The van der Waals surface area contributed by atoms with Crippen molar-refractivity contribution in [1.29, 1.82) is 0 Å². The van der Waals surface area contributed by atoms with Crippen molar-refractivity contribution in [3.63, 3.8) is 0 Å². The lowest BCUT2D eigenvalue weighted by Gasteiger charge is -2.29. The fourth-order valence-electron chi connectivity index (χ4n) is 2.79. The summed E-state index contributed by atoms with van der Waals surface area (Å²) in [7, 11) is 0. The summed E-state index contributed by atoms with van der Waals surface area (Å²) in [6, 6.07) is 0.398. The van der Waals surface area contributed by atoms with Crippen molar-refractivity contribution >= 4 is 18.3 Å². The predicted molar refractivity (Wildman–Crippen MR) is 64.3 cm³/mol. The molecule has 3 rings (SSSR count). The first kappa shape index (κ1) is 13.1. The second-order valence-corrected chi connectivity index (χ2v) is 4.69. The highest BCUT2D eigenvalue weighted by Crippen LogP contribution is 2.27. The Bertz CT molecular complexity index is 272. The first-order valence-corrected chi connectivity index (χ1v) is 6.10. The van der Waals surface area contributed by atoms with Gasteiger partial charge in [-0.2, -0.15) is 0 Å². The molecular weight excluding hydrogens is 244 g/mol. The summed E-state index contributed by atoms with van der Waals surface area (Å²) < 4.78 is 11.0. The molecule has 0 saturated carbocycles. The van der Waals surface area contributed by atoms with Gasteiger partial charge in [0, 0.05) is 25.6 Å². The van der Waals surface area contributed by atoms with Gasteiger partial charge in [0.15, 0.2) is 0 Å². The van der Waals surface area contributed by atoms with Crippen LogP contribution < -0.4 is 5.32 Å². The Labute approximate surface area is 107 Å². The van der Waals surface area contributed by atoms with Crippen LogP contribution in [-0.4, -0.2) is 61.9 Å². The molecule has 0 aromatic carbocycles. The molecule has 1 N–H and O–H groups in total. The largest absolute Gasteiger partial charge is 0.378 e.